The van der Waals surface area contributed by atoms with Crippen LogP contribution in [0.4, 0.5) is 0 Å². The van der Waals surface area contributed by atoms with Crippen molar-refractivity contribution in [2.45, 2.75) is 24.3 Å². The van der Waals surface area contributed by atoms with E-state index in [0.717, 1.165) is 11.3 Å². The van der Waals surface area contributed by atoms with Crippen molar-refractivity contribution in [1.82, 2.24) is 9.62 Å². The van der Waals surface area contributed by atoms with Crippen molar-refractivity contribution in [3.05, 3.63) is 59.1 Å². The second-order valence-corrected chi connectivity index (χ2v) is 9.10. The third-order valence-electron chi connectivity index (χ3n) is 4.83. The molecule has 1 aliphatic heterocycles. The lowest BCUT2D eigenvalue weighted by atomic mass is 9.99. The van der Waals surface area contributed by atoms with E-state index in [4.69, 9.17) is 16.3 Å². The number of hydrogen-bond donors (Lipinski definition) is 1. The van der Waals surface area contributed by atoms with Crippen LogP contribution in [0.3, 0.4) is 0 Å². The van der Waals surface area contributed by atoms with Gasteiger partial charge >= 0.3 is 0 Å². The average molecular weight is 423 g/mol. The third-order valence-corrected chi connectivity index (χ3v) is 6.96. The highest BCUT2D eigenvalue weighted by Crippen LogP contribution is 2.25. The van der Waals surface area contributed by atoms with E-state index in [1.807, 2.05) is 24.3 Å². The van der Waals surface area contributed by atoms with E-state index >= 15 is 0 Å². The molecule has 1 amide bonds. The molecule has 2 aromatic rings. The summed E-state index contributed by atoms with van der Waals surface area (Å²) in [6.07, 6.45) is 1.31. The van der Waals surface area contributed by atoms with Gasteiger partial charge in [0.05, 0.1) is 17.9 Å². The van der Waals surface area contributed by atoms with Crippen LogP contribution in [0.1, 0.15) is 18.4 Å². The van der Waals surface area contributed by atoms with E-state index in [0.29, 0.717) is 31.0 Å². The lowest BCUT2D eigenvalue weighted by Crippen LogP contribution is -2.45. The summed E-state index contributed by atoms with van der Waals surface area (Å²) < 4.78 is 32.2. The minimum Gasteiger partial charge on any atom is -0.497 e. The molecule has 0 unspecified atom stereocenters. The first-order valence-electron chi connectivity index (χ1n) is 9.06. The van der Waals surface area contributed by atoms with Gasteiger partial charge in [0.1, 0.15) is 5.75 Å². The number of methoxy groups -OCH3 is 1. The summed E-state index contributed by atoms with van der Waals surface area (Å²) in [6, 6.07) is 13.5. The summed E-state index contributed by atoms with van der Waals surface area (Å²) >= 11 is 5.85. The molecule has 0 saturated carbocycles. The maximum absolute atomic E-state index is 12.8. The predicted molar refractivity (Wildman–Crippen MR) is 108 cm³/mol. The van der Waals surface area contributed by atoms with E-state index < -0.39 is 10.0 Å². The third kappa shape index (κ3) is 4.84. The molecule has 28 heavy (non-hydrogen) atoms. The molecule has 1 fully saturated rings. The van der Waals surface area contributed by atoms with Crippen molar-refractivity contribution >= 4 is 27.5 Å². The highest BCUT2D eigenvalue weighted by molar-refractivity contribution is 7.89. The number of benzene rings is 2. The number of carbonyl (C=O) groups excluding carboxylic acids is 1. The van der Waals surface area contributed by atoms with Crippen molar-refractivity contribution < 1.29 is 17.9 Å². The molecular weight excluding hydrogens is 400 g/mol. The van der Waals surface area contributed by atoms with Crippen LogP contribution in [0, 0.1) is 5.92 Å². The second kappa shape index (κ2) is 8.94. The fraction of sp³-hybridized carbons (Fsp3) is 0.350. The van der Waals surface area contributed by atoms with E-state index in [9.17, 15) is 13.2 Å². The van der Waals surface area contributed by atoms with Gasteiger partial charge in [0.15, 0.2) is 0 Å². The maximum atomic E-state index is 12.8. The summed E-state index contributed by atoms with van der Waals surface area (Å²) in [5.74, 6) is 0.256. The maximum Gasteiger partial charge on any atom is 0.243 e. The minimum atomic E-state index is -3.64. The van der Waals surface area contributed by atoms with Gasteiger partial charge < -0.3 is 10.1 Å². The van der Waals surface area contributed by atoms with E-state index in [2.05, 4.69) is 5.32 Å². The number of piperidine rings is 1. The topological polar surface area (TPSA) is 75.7 Å². The number of amides is 1. The first-order chi connectivity index (χ1) is 13.4. The predicted octanol–water partition coefficient (Wildman–Crippen LogP) is 3.07. The fourth-order valence-corrected chi connectivity index (χ4v) is 4.86. The molecule has 8 heteroatoms. The van der Waals surface area contributed by atoms with E-state index in [1.165, 1.54) is 16.4 Å². The number of sulfonamides is 1. The van der Waals surface area contributed by atoms with Gasteiger partial charge in [-0.05, 0) is 54.8 Å². The molecule has 0 aromatic heterocycles. The highest BCUT2D eigenvalue weighted by Gasteiger charge is 2.33. The van der Waals surface area contributed by atoms with Gasteiger partial charge in [-0.25, -0.2) is 8.42 Å². The Kier molecular flexibility index (Phi) is 6.59. The molecule has 3 rings (SSSR count). The van der Waals surface area contributed by atoms with Crippen LogP contribution in [-0.4, -0.2) is 38.8 Å². The largest absolute Gasteiger partial charge is 0.497 e. The normalized spacial score (nSPS) is 17.9. The molecule has 0 bridgehead atoms. The molecule has 2 aromatic carbocycles. The number of rotatable bonds is 6. The molecule has 0 spiro atoms. The van der Waals surface area contributed by atoms with Gasteiger partial charge in [0.25, 0.3) is 0 Å². The molecule has 0 aliphatic carbocycles. The average Bonchev–Trinajstić information content (AvgIpc) is 2.72. The van der Waals surface area contributed by atoms with Crippen LogP contribution in [0.2, 0.25) is 5.02 Å². The SMILES string of the molecule is COc1ccc(CNC(=O)[C@H]2CCCN(S(=O)(=O)c3ccc(Cl)cc3)C2)cc1. The number of nitrogens with zero attached hydrogens (tertiary/aromatic N) is 1. The Labute approximate surface area is 170 Å². The Morgan fingerprint density at radius 3 is 2.50 bits per heavy atom. The molecule has 1 N–H and O–H groups in total. The first-order valence-corrected chi connectivity index (χ1v) is 10.9. The summed E-state index contributed by atoms with van der Waals surface area (Å²) in [4.78, 5) is 12.8. The first kappa shape index (κ1) is 20.6. The van der Waals surface area contributed by atoms with Gasteiger partial charge in [-0.1, -0.05) is 23.7 Å². The standard InChI is InChI=1S/C20H23ClN2O4S/c1-27-18-8-4-15(5-9-18)13-22-20(24)16-3-2-12-23(14-16)28(25,26)19-10-6-17(21)7-11-19/h4-11,16H,2-3,12-14H2,1H3,(H,22,24)/t16-/m0/s1. The smallest absolute Gasteiger partial charge is 0.243 e. The van der Waals surface area contributed by atoms with Gasteiger partial charge in [0.2, 0.25) is 15.9 Å². The molecular formula is C20H23ClN2O4S. The number of nitrogens with one attached hydrogen (secondary N) is 1. The lowest BCUT2D eigenvalue weighted by Gasteiger charge is -2.31. The molecule has 0 radical (unpaired) electrons. The number of carbonyl (C=O) groups is 1. The number of halogens is 1. The summed E-state index contributed by atoms with van der Waals surface area (Å²) in [5.41, 5.74) is 0.954. The highest BCUT2D eigenvalue weighted by atomic mass is 35.5. The number of hydrogen-bond acceptors (Lipinski definition) is 4. The molecule has 1 atom stereocenters. The summed E-state index contributed by atoms with van der Waals surface area (Å²) in [7, 11) is -2.04. The van der Waals surface area contributed by atoms with Crippen LogP contribution in [0.5, 0.6) is 5.75 Å². The monoisotopic (exact) mass is 422 g/mol. The Morgan fingerprint density at radius 1 is 1.18 bits per heavy atom. The van der Waals surface area contributed by atoms with Crippen molar-refractivity contribution in [3.8, 4) is 5.75 Å². The zero-order valence-electron chi connectivity index (χ0n) is 15.6. The minimum absolute atomic E-state index is 0.133. The Balaban J connectivity index is 1.61. The Hall–Kier alpha value is -2.09. The van der Waals surface area contributed by atoms with Crippen LogP contribution in [0.25, 0.3) is 0 Å². The number of ether oxygens (including phenoxy) is 1. The summed E-state index contributed by atoms with van der Waals surface area (Å²) in [6.45, 7) is 0.982. The van der Waals surface area contributed by atoms with Crippen molar-refractivity contribution in [1.29, 1.82) is 0 Å². The second-order valence-electron chi connectivity index (χ2n) is 6.72. The van der Waals surface area contributed by atoms with Gasteiger partial charge in [-0.3, -0.25) is 4.79 Å². The van der Waals surface area contributed by atoms with Crippen molar-refractivity contribution in [2.75, 3.05) is 20.2 Å². The Morgan fingerprint density at radius 2 is 1.86 bits per heavy atom. The van der Waals surface area contributed by atoms with Crippen LogP contribution >= 0.6 is 11.6 Å². The van der Waals surface area contributed by atoms with Crippen molar-refractivity contribution in [2.24, 2.45) is 5.92 Å². The lowest BCUT2D eigenvalue weighted by molar-refractivity contribution is -0.126. The van der Waals surface area contributed by atoms with Crippen LogP contribution < -0.4 is 10.1 Å². The van der Waals surface area contributed by atoms with Crippen LogP contribution in [-0.2, 0) is 21.4 Å². The van der Waals surface area contributed by atoms with Crippen LogP contribution in [0.15, 0.2) is 53.4 Å². The zero-order valence-corrected chi connectivity index (χ0v) is 17.2. The molecule has 1 aliphatic rings. The molecule has 6 nitrogen and oxygen atoms in total. The summed E-state index contributed by atoms with van der Waals surface area (Å²) in [5, 5.41) is 3.39. The van der Waals surface area contributed by atoms with E-state index in [-0.39, 0.29) is 23.3 Å². The quantitative estimate of drug-likeness (QED) is 0.776. The van der Waals surface area contributed by atoms with Gasteiger partial charge in [0, 0.05) is 24.7 Å². The fourth-order valence-electron chi connectivity index (χ4n) is 3.21. The van der Waals surface area contributed by atoms with E-state index in [1.54, 1.807) is 19.2 Å². The molecule has 1 saturated heterocycles. The zero-order chi connectivity index (χ0) is 20.1. The van der Waals surface area contributed by atoms with Gasteiger partial charge in [-0.15, -0.1) is 0 Å². The Bertz CT molecular complexity index is 914. The van der Waals surface area contributed by atoms with Gasteiger partial charge in [-0.2, -0.15) is 4.31 Å². The molecule has 1 heterocycles. The molecule has 150 valence electrons. The van der Waals surface area contributed by atoms with Crippen molar-refractivity contribution in [3.63, 3.8) is 0 Å².